The van der Waals surface area contributed by atoms with Gasteiger partial charge in [0.1, 0.15) is 5.69 Å². The minimum Gasteiger partial charge on any atom is -0.461 e. The molecular formula is C10H12N2O3S. The van der Waals surface area contributed by atoms with Gasteiger partial charge >= 0.3 is 5.97 Å². The lowest BCUT2D eigenvalue weighted by Crippen LogP contribution is -2.10. The molecule has 0 aromatic carbocycles. The standard InChI is InChI=1S/C10H12N2O3S/c1-3-15-9(13)8-7(6-14-2)11-10-12(8)4-5-16-10/h4-5H,3,6H2,1-2H3. The van der Waals surface area contributed by atoms with Gasteiger partial charge in [0.2, 0.25) is 0 Å². The molecule has 2 aromatic rings. The summed E-state index contributed by atoms with van der Waals surface area (Å²) in [4.78, 5) is 16.9. The van der Waals surface area contributed by atoms with Gasteiger partial charge in [-0.15, -0.1) is 11.3 Å². The van der Waals surface area contributed by atoms with E-state index in [9.17, 15) is 4.79 Å². The number of carbonyl (C=O) groups excluding carboxylic acids is 1. The number of thiazole rings is 1. The van der Waals surface area contributed by atoms with Crippen molar-refractivity contribution >= 4 is 22.3 Å². The van der Waals surface area contributed by atoms with E-state index >= 15 is 0 Å². The molecule has 0 fully saturated rings. The van der Waals surface area contributed by atoms with E-state index in [1.54, 1.807) is 24.6 Å². The first-order valence-corrected chi connectivity index (χ1v) is 5.76. The summed E-state index contributed by atoms with van der Waals surface area (Å²) in [6.07, 6.45) is 1.80. The van der Waals surface area contributed by atoms with Crippen molar-refractivity contribution in [2.24, 2.45) is 0 Å². The van der Waals surface area contributed by atoms with Gasteiger partial charge in [0.15, 0.2) is 10.7 Å². The quantitative estimate of drug-likeness (QED) is 0.763. The number of aromatic nitrogens is 2. The molecule has 0 atom stereocenters. The molecule has 2 aromatic heterocycles. The minimum absolute atomic E-state index is 0.308. The monoisotopic (exact) mass is 240 g/mol. The number of imidazole rings is 1. The van der Waals surface area contributed by atoms with Gasteiger partial charge in [0.25, 0.3) is 0 Å². The highest BCUT2D eigenvalue weighted by atomic mass is 32.1. The number of fused-ring (bicyclic) bond motifs is 1. The van der Waals surface area contributed by atoms with Crippen molar-refractivity contribution in [1.82, 2.24) is 9.38 Å². The van der Waals surface area contributed by atoms with Gasteiger partial charge in [-0.2, -0.15) is 0 Å². The topological polar surface area (TPSA) is 52.8 Å². The molecule has 0 aliphatic heterocycles. The maximum atomic E-state index is 11.8. The fraction of sp³-hybridized carbons (Fsp3) is 0.400. The van der Waals surface area contributed by atoms with E-state index in [2.05, 4.69) is 4.98 Å². The second-order valence-electron chi connectivity index (χ2n) is 3.12. The number of hydrogen-bond donors (Lipinski definition) is 0. The van der Waals surface area contributed by atoms with Gasteiger partial charge in [0, 0.05) is 18.7 Å². The Labute approximate surface area is 96.6 Å². The first kappa shape index (κ1) is 11.1. The van der Waals surface area contributed by atoms with E-state index in [4.69, 9.17) is 9.47 Å². The summed E-state index contributed by atoms with van der Waals surface area (Å²) >= 11 is 1.47. The first-order valence-electron chi connectivity index (χ1n) is 4.88. The van der Waals surface area contributed by atoms with Crippen molar-refractivity contribution < 1.29 is 14.3 Å². The minimum atomic E-state index is -0.361. The van der Waals surface area contributed by atoms with Crippen LogP contribution in [-0.2, 0) is 16.1 Å². The van der Waals surface area contributed by atoms with Crippen LogP contribution < -0.4 is 0 Å². The second kappa shape index (κ2) is 4.63. The molecule has 2 rings (SSSR count). The lowest BCUT2D eigenvalue weighted by molar-refractivity contribution is 0.0513. The van der Waals surface area contributed by atoms with Gasteiger partial charge in [-0.3, -0.25) is 4.40 Å². The molecule has 0 saturated carbocycles. The molecule has 86 valence electrons. The van der Waals surface area contributed by atoms with E-state index in [0.717, 1.165) is 4.96 Å². The molecule has 0 bridgehead atoms. The number of esters is 1. The summed E-state index contributed by atoms with van der Waals surface area (Å²) in [5.41, 5.74) is 1.08. The zero-order valence-corrected chi connectivity index (χ0v) is 9.91. The van der Waals surface area contributed by atoms with E-state index < -0.39 is 0 Å². The highest BCUT2D eigenvalue weighted by molar-refractivity contribution is 7.15. The molecule has 0 radical (unpaired) electrons. The van der Waals surface area contributed by atoms with Crippen LogP contribution >= 0.6 is 11.3 Å². The maximum absolute atomic E-state index is 11.8. The van der Waals surface area contributed by atoms with Crippen molar-refractivity contribution in [3.63, 3.8) is 0 Å². The lowest BCUT2D eigenvalue weighted by atomic mass is 10.3. The average molecular weight is 240 g/mol. The Bertz CT molecular complexity index is 503. The normalized spacial score (nSPS) is 10.9. The molecular weight excluding hydrogens is 228 g/mol. The molecule has 0 aliphatic rings. The third-order valence-corrected chi connectivity index (χ3v) is 2.84. The van der Waals surface area contributed by atoms with E-state index in [-0.39, 0.29) is 5.97 Å². The first-order chi connectivity index (χ1) is 7.77. The Morgan fingerprint density at radius 1 is 1.62 bits per heavy atom. The third kappa shape index (κ3) is 1.81. The lowest BCUT2D eigenvalue weighted by Gasteiger charge is -2.02. The number of nitrogens with zero attached hydrogens (tertiary/aromatic N) is 2. The van der Waals surface area contributed by atoms with Crippen LogP contribution in [0.5, 0.6) is 0 Å². The Morgan fingerprint density at radius 3 is 3.12 bits per heavy atom. The molecule has 0 N–H and O–H groups in total. The number of rotatable bonds is 4. The highest BCUT2D eigenvalue weighted by Gasteiger charge is 2.20. The van der Waals surface area contributed by atoms with Gasteiger partial charge in [-0.1, -0.05) is 0 Å². The van der Waals surface area contributed by atoms with Crippen LogP contribution in [0, 0.1) is 0 Å². The zero-order chi connectivity index (χ0) is 11.5. The van der Waals surface area contributed by atoms with Crippen molar-refractivity contribution in [3.8, 4) is 0 Å². The van der Waals surface area contributed by atoms with Crippen LogP contribution in [0.15, 0.2) is 11.6 Å². The SMILES string of the molecule is CCOC(=O)c1c(COC)nc2sccn12. The van der Waals surface area contributed by atoms with Crippen molar-refractivity contribution in [3.05, 3.63) is 23.0 Å². The molecule has 16 heavy (non-hydrogen) atoms. The molecule has 2 heterocycles. The van der Waals surface area contributed by atoms with Crippen LogP contribution in [0.3, 0.4) is 0 Å². The third-order valence-electron chi connectivity index (χ3n) is 2.08. The number of hydrogen-bond acceptors (Lipinski definition) is 5. The maximum Gasteiger partial charge on any atom is 0.357 e. The summed E-state index contributed by atoms with van der Waals surface area (Å²) in [5.74, 6) is -0.361. The van der Waals surface area contributed by atoms with Crippen molar-refractivity contribution in [2.75, 3.05) is 13.7 Å². The van der Waals surface area contributed by atoms with Crippen LogP contribution in [0.25, 0.3) is 4.96 Å². The van der Waals surface area contributed by atoms with Gasteiger partial charge < -0.3 is 9.47 Å². The van der Waals surface area contributed by atoms with Gasteiger partial charge in [0.05, 0.1) is 13.2 Å². The number of methoxy groups -OCH3 is 1. The summed E-state index contributed by atoms with van der Waals surface area (Å²) in [7, 11) is 1.57. The summed E-state index contributed by atoms with van der Waals surface area (Å²) < 4.78 is 11.8. The average Bonchev–Trinajstić information content (AvgIpc) is 2.77. The number of ether oxygens (including phenoxy) is 2. The summed E-state index contributed by atoms with van der Waals surface area (Å²) in [6, 6.07) is 0. The van der Waals surface area contributed by atoms with Crippen LogP contribution in [-0.4, -0.2) is 29.1 Å². The molecule has 0 aliphatic carbocycles. The molecule has 6 heteroatoms. The van der Waals surface area contributed by atoms with Gasteiger partial charge in [-0.25, -0.2) is 9.78 Å². The predicted octanol–water partition coefficient (Wildman–Crippen LogP) is 1.72. The molecule has 5 nitrogen and oxygen atoms in total. The zero-order valence-electron chi connectivity index (χ0n) is 9.10. The predicted molar refractivity (Wildman–Crippen MR) is 59.7 cm³/mol. The Morgan fingerprint density at radius 2 is 2.44 bits per heavy atom. The van der Waals surface area contributed by atoms with E-state index in [1.807, 2.05) is 5.38 Å². The Kier molecular flexibility index (Phi) is 3.21. The van der Waals surface area contributed by atoms with Crippen LogP contribution in [0.1, 0.15) is 23.1 Å². The fourth-order valence-electron chi connectivity index (χ4n) is 1.48. The number of carbonyl (C=O) groups is 1. The highest BCUT2D eigenvalue weighted by Crippen LogP contribution is 2.18. The van der Waals surface area contributed by atoms with Crippen molar-refractivity contribution in [2.45, 2.75) is 13.5 Å². The molecule has 0 spiro atoms. The van der Waals surface area contributed by atoms with Crippen LogP contribution in [0.2, 0.25) is 0 Å². The second-order valence-corrected chi connectivity index (χ2v) is 3.99. The van der Waals surface area contributed by atoms with Crippen molar-refractivity contribution in [1.29, 1.82) is 0 Å². The van der Waals surface area contributed by atoms with E-state index in [1.165, 1.54) is 11.3 Å². The summed E-state index contributed by atoms with van der Waals surface area (Å²) in [5, 5.41) is 1.88. The summed E-state index contributed by atoms with van der Waals surface area (Å²) in [6.45, 7) is 2.44. The van der Waals surface area contributed by atoms with Crippen LogP contribution in [0.4, 0.5) is 0 Å². The molecule has 0 amide bonds. The molecule has 0 unspecified atom stereocenters. The Hall–Kier alpha value is -1.40. The van der Waals surface area contributed by atoms with Gasteiger partial charge in [-0.05, 0) is 6.92 Å². The fourth-order valence-corrected chi connectivity index (χ4v) is 2.22. The Balaban J connectivity index is 2.48. The smallest absolute Gasteiger partial charge is 0.357 e. The molecule has 0 saturated heterocycles. The van der Waals surface area contributed by atoms with E-state index in [0.29, 0.717) is 24.6 Å². The largest absolute Gasteiger partial charge is 0.461 e.